The van der Waals surface area contributed by atoms with Crippen LogP contribution in [0.1, 0.15) is 4.88 Å². The molecule has 0 spiro atoms. The van der Waals surface area contributed by atoms with Crippen molar-refractivity contribution in [3.63, 3.8) is 0 Å². The highest BCUT2D eigenvalue weighted by molar-refractivity contribution is 9.10. The molecule has 102 valence electrons. The van der Waals surface area contributed by atoms with Crippen molar-refractivity contribution in [1.29, 1.82) is 0 Å². The second-order valence-electron chi connectivity index (χ2n) is 4.00. The molecule has 0 aliphatic heterocycles. The molecule has 1 aromatic carbocycles. The number of rotatable bonds is 6. The van der Waals surface area contributed by atoms with Gasteiger partial charge in [-0.1, -0.05) is 23.7 Å². The fourth-order valence-electron chi connectivity index (χ4n) is 1.61. The van der Waals surface area contributed by atoms with E-state index in [9.17, 15) is 0 Å². The van der Waals surface area contributed by atoms with E-state index in [1.807, 2.05) is 24.3 Å². The number of benzene rings is 1. The van der Waals surface area contributed by atoms with Gasteiger partial charge in [-0.25, -0.2) is 0 Å². The van der Waals surface area contributed by atoms with Crippen LogP contribution in [-0.4, -0.2) is 11.8 Å². The van der Waals surface area contributed by atoms with E-state index in [-0.39, 0.29) is 6.04 Å². The van der Waals surface area contributed by atoms with Gasteiger partial charge in [0.15, 0.2) is 0 Å². The number of hydrogen-bond donors (Lipinski definition) is 2. The van der Waals surface area contributed by atoms with Crippen molar-refractivity contribution in [2.45, 2.75) is 17.4 Å². The predicted molar refractivity (Wildman–Crippen MR) is 89.0 cm³/mol. The van der Waals surface area contributed by atoms with Crippen LogP contribution in [0.3, 0.4) is 0 Å². The molecule has 3 N–H and O–H groups in total. The van der Waals surface area contributed by atoms with Gasteiger partial charge in [-0.2, -0.15) is 0 Å². The van der Waals surface area contributed by atoms with Crippen molar-refractivity contribution in [3.8, 4) is 0 Å². The summed E-state index contributed by atoms with van der Waals surface area (Å²) in [6.07, 6.45) is 0.909. The van der Waals surface area contributed by atoms with Crippen molar-refractivity contribution in [2.75, 3.05) is 5.75 Å². The Bertz CT molecular complexity index is 533. The third-order valence-electron chi connectivity index (χ3n) is 2.64. The number of thiophene rings is 1. The molecule has 6 heteroatoms. The van der Waals surface area contributed by atoms with Crippen LogP contribution < -0.4 is 11.3 Å². The number of nitrogens with two attached hydrogens (primary N) is 1. The Labute approximate surface area is 134 Å². The van der Waals surface area contributed by atoms with Crippen molar-refractivity contribution < 1.29 is 0 Å². The van der Waals surface area contributed by atoms with E-state index in [4.69, 9.17) is 17.4 Å². The minimum absolute atomic E-state index is 0.219. The maximum atomic E-state index is 6.14. The topological polar surface area (TPSA) is 38.0 Å². The zero-order chi connectivity index (χ0) is 13.7. The fraction of sp³-hybridized carbons (Fsp3) is 0.231. The van der Waals surface area contributed by atoms with Gasteiger partial charge in [-0.3, -0.25) is 11.3 Å². The Morgan fingerprint density at radius 2 is 2.16 bits per heavy atom. The molecule has 1 aromatic heterocycles. The molecule has 0 saturated heterocycles. The first-order valence-electron chi connectivity index (χ1n) is 5.76. The zero-order valence-corrected chi connectivity index (χ0v) is 14.1. The molecule has 2 aromatic rings. The van der Waals surface area contributed by atoms with Gasteiger partial charge < -0.3 is 0 Å². The summed E-state index contributed by atoms with van der Waals surface area (Å²) in [5.41, 5.74) is 2.88. The lowest BCUT2D eigenvalue weighted by Crippen LogP contribution is -2.38. The lowest BCUT2D eigenvalue weighted by atomic mass is 10.2. The van der Waals surface area contributed by atoms with Gasteiger partial charge in [0.05, 0.1) is 5.02 Å². The van der Waals surface area contributed by atoms with Gasteiger partial charge in [0.25, 0.3) is 0 Å². The molecule has 0 aliphatic rings. The van der Waals surface area contributed by atoms with Gasteiger partial charge >= 0.3 is 0 Å². The molecule has 0 radical (unpaired) electrons. The largest absolute Gasteiger partial charge is 0.271 e. The Hall–Kier alpha value is -0.0400. The monoisotopic (exact) mass is 376 g/mol. The maximum absolute atomic E-state index is 6.14. The first-order valence-corrected chi connectivity index (χ1v) is 8.79. The molecule has 0 bridgehead atoms. The van der Waals surface area contributed by atoms with Crippen LogP contribution >= 0.6 is 50.6 Å². The smallest absolute Gasteiger partial charge is 0.0541 e. The Balaban J connectivity index is 1.93. The van der Waals surface area contributed by atoms with Crippen molar-refractivity contribution in [1.82, 2.24) is 5.43 Å². The molecule has 2 nitrogen and oxygen atoms in total. The molecule has 2 rings (SSSR count). The molecule has 0 fully saturated rings. The molecule has 0 amide bonds. The standard InChI is InChI=1S/C13H14BrClN2S2/c14-10-5-6-18-13(10)7-9(17-16)8-19-12-4-2-1-3-11(12)15/h1-6,9,17H,7-8,16H2. The summed E-state index contributed by atoms with van der Waals surface area (Å²) in [4.78, 5) is 2.40. The van der Waals surface area contributed by atoms with Gasteiger partial charge in [-0.15, -0.1) is 23.1 Å². The summed E-state index contributed by atoms with van der Waals surface area (Å²) in [6.45, 7) is 0. The second-order valence-corrected chi connectivity index (χ2v) is 7.32. The molecule has 0 aliphatic carbocycles. The van der Waals surface area contributed by atoms with Crippen molar-refractivity contribution in [3.05, 3.63) is 50.1 Å². The van der Waals surface area contributed by atoms with E-state index in [1.54, 1.807) is 23.1 Å². The van der Waals surface area contributed by atoms with Crippen molar-refractivity contribution in [2.24, 2.45) is 5.84 Å². The highest BCUT2D eigenvalue weighted by atomic mass is 79.9. The van der Waals surface area contributed by atoms with Gasteiger partial charge in [0.2, 0.25) is 0 Å². The Morgan fingerprint density at radius 1 is 1.37 bits per heavy atom. The SMILES string of the molecule is NNC(CSc1ccccc1Cl)Cc1sccc1Br. The van der Waals surface area contributed by atoms with Crippen LogP contribution in [0.4, 0.5) is 0 Å². The summed E-state index contributed by atoms with van der Waals surface area (Å²) in [6, 6.07) is 10.2. The van der Waals surface area contributed by atoms with Gasteiger partial charge in [0, 0.05) is 32.5 Å². The molecular weight excluding hydrogens is 364 g/mol. The average molecular weight is 378 g/mol. The molecule has 0 saturated carbocycles. The first kappa shape index (κ1) is 15.4. The summed E-state index contributed by atoms with van der Waals surface area (Å²) in [7, 11) is 0. The zero-order valence-electron chi connectivity index (χ0n) is 10.1. The summed E-state index contributed by atoms with van der Waals surface area (Å²) < 4.78 is 1.15. The highest BCUT2D eigenvalue weighted by Crippen LogP contribution is 2.29. The minimum atomic E-state index is 0.219. The molecular formula is C13H14BrClN2S2. The third-order valence-corrected chi connectivity index (χ3v) is 6.26. The number of nitrogens with one attached hydrogen (secondary N) is 1. The van der Waals surface area contributed by atoms with Crippen LogP contribution in [0.15, 0.2) is 45.1 Å². The second kappa shape index (κ2) is 7.67. The Kier molecular flexibility index (Phi) is 6.19. The fourth-order valence-corrected chi connectivity index (χ4v) is 4.48. The summed E-state index contributed by atoms with van der Waals surface area (Å²) in [5, 5.41) is 2.87. The van der Waals surface area contributed by atoms with E-state index < -0.39 is 0 Å². The highest BCUT2D eigenvalue weighted by Gasteiger charge is 2.12. The van der Waals surface area contributed by atoms with Gasteiger partial charge in [0.1, 0.15) is 0 Å². The van der Waals surface area contributed by atoms with Crippen LogP contribution in [0, 0.1) is 0 Å². The van der Waals surface area contributed by atoms with E-state index in [0.29, 0.717) is 0 Å². The Morgan fingerprint density at radius 3 is 2.79 bits per heavy atom. The van der Waals surface area contributed by atoms with Crippen LogP contribution in [-0.2, 0) is 6.42 Å². The van der Waals surface area contributed by atoms with Crippen LogP contribution in [0.5, 0.6) is 0 Å². The normalized spacial score (nSPS) is 12.6. The number of thioether (sulfide) groups is 1. The molecule has 1 unspecified atom stereocenters. The number of hydrogen-bond acceptors (Lipinski definition) is 4. The van der Waals surface area contributed by atoms with Crippen molar-refractivity contribution >= 4 is 50.6 Å². The maximum Gasteiger partial charge on any atom is 0.0541 e. The van der Waals surface area contributed by atoms with Crippen LogP contribution in [0.25, 0.3) is 0 Å². The van der Waals surface area contributed by atoms with Gasteiger partial charge in [-0.05, 0) is 39.5 Å². The quantitative estimate of drug-likeness (QED) is 0.447. The summed E-state index contributed by atoms with van der Waals surface area (Å²) >= 11 is 13.1. The molecule has 1 atom stereocenters. The van der Waals surface area contributed by atoms with Crippen LogP contribution in [0.2, 0.25) is 5.02 Å². The minimum Gasteiger partial charge on any atom is -0.271 e. The average Bonchev–Trinajstić information content (AvgIpc) is 2.81. The predicted octanol–water partition coefficient (Wildman–Crippen LogP) is 4.33. The van der Waals surface area contributed by atoms with E-state index in [2.05, 4.69) is 32.8 Å². The lowest BCUT2D eigenvalue weighted by Gasteiger charge is -2.15. The number of hydrazine groups is 1. The molecule has 19 heavy (non-hydrogen) atoms. The summed E-state index contributed by atoms with van der Waals surface area (Å²) in [5.74, 6) is 6.51. The third kappa shape index (κ3) is 4.48. The lowest BCUT2D eigenvalue weighted by molar-refractivity contribution is 0.578. The molecule has 1 heterocycles. The first-order chi connectivity index (χ1) is 9.20. The van der Waals surface area contributed by atoms with E-state index in [0.717, 1.165) is 26.6 Å². The van der Waals surface area contributed by atoms with E-state index >= 15 is 0 Å². The van der Waals surface area contributed by atoms with E-state index in [1.165, 1.54) is 4.88 Å². The number of halogens is 2.